The highest BCUT2D eigenvalue weighted by Gasteiger charge is 2.41. The highest BCUT2D eigenvalue weighted by molar-refractivity contribution is 7.54. The third kappa shape index (κ3) is 11.4. The predicted molar refractivity (Wildman–Crippen MR) is 150 cm³/mol. The average molecular weight is 630 g/mol. The lowest BCUT2D eigenvalue weighted by Crippen LogP contribution is -2.31. The summed E-state index contributed by atoms with van der Waals surface area (Å²) in [5.74, 6) is -6.55. The van der Waals surface area contributed by atoms with Gasteiger partial charge in [0.05, 0.1) is 10.8 Å². The van der Waals surface area contributed by atoms with Gasteiger partial charge in [0.2, 0.25) is 13.6 Å². The Kier molecular flexibility index (Phi) is 13.0. The molecule has 0 fully saturated rings. The van der Waals surface area contributed by atoms with Crippen LogP contribution in [0.15, 0.2) is 48.5 Å². The average Bonchev–Trinajstić information content (AvgIpc) is 2.93. The lowest BCUT2D eigenvalue weighted by atomic mass is 9.98. The summed E-state index contributed by atoms with van der Waals surface area (Å²) in [6.07, 6.45) is 0. The van der Waals surface area contributed by atoms with Gasteiger partial charge in [0.25, 0.3) is 5.91 Å². The van der Waals surface area contributed by atoms with Crippen LogP contribution in [0.2, 0.25) is 0 Å². The van der Waals surface area contributed by atoms with E-state index in [-0.39, 0.29) is 12.2 Å². The summed E-state index contributed by atoms with van der Waals surface area (Å²) < 4.78 is 68.6. The summed E-state index contributed by atoms with van der Waals surface area (Å²) in [4.78, 5) is 42.8. The molecule has 1 unspecified atom stereocenters. The van der Waals surface area contributed by atoms with Crippen LogP contribution in [0.5, 0.6) is 0 Å². The molecule has 0 aromatic heterocycles. The lowest BCUT2D eigenvalue weighted by Gasteiger charge is -2.28. The molecule has 2 aromatic rings. The molecule has 1 atom stereocenters. The Morgan fingerprint density at radius 3 is 1.86 bits per heavy atom. The van der Waals surface area contributed by atoms with Crippen molar-refractivity contribution in [3.8, 4) is 0 Å². The van der Waals surface area contributed by atoms with Gasteiger partial charge in [-0.3, -0.25) is 32.8 Å². The molecule has 238 valence electrons. The van der Waals surface area contributed by atoms with Crippen molar-refractivity contribution < 1.29 is 55.8 Å². The van der Waals surface area contributed by atoms with E-state index in [0.717, 1.165) is 22.8 Å². The molecule has 0 bridgehead atoms. The van der Waals surface area contributed by atoms with Gasteiger partial charge in [-0.15, -0.1) is 0 Å². The first-order valence-electron chi connectivity index (χ1n) is 13.2. The Labute approximate surface area is 249 Å². The second kappa shape index (κ2) is 15.5. The molecular formula is C29H38F2NO10P. The molecule has 2 rings (SSSR count). The summed E-state index contributed by atoms with van der Waals surface area (Å²) in [7, 11) is -3.41. The molecule has 1 amide bonds. The second-order valence-electron chi connectivity index (χ2n) is 11.4. The van der Waals surface area contributed by atoms with Gasteiger partial charge in [-0.05, 0) is 64.8 Å². The van der Waals surface area contributed by atoms with E-state index in [1.54, 1.807) is 65.8 Å². The van der Waals surface area contributed by atoms with Crippen molar-refractivity contribution >= 4 is 25.4 Å². The number of rotatable bonds is 14. The Balaban J connectivity index is 2.31. The number of esters is 2. The summed E-state index contributed by atoms with van der Waals surface area (Å²) in [5.41, 5.74) is -1.34. The molecule has 14 heteroatoms. The van der Waals surface area contributed by atoms with Gasteiger partial charge in [-0.25, -0.2) is 13.8 Å². The molecule has 2 aromatic carbocycles. The number of ether oxygens (including phenoxy) is 3. The first-order valence-corrected chi connectivity index (χ1v) is 14.8. The van der Waals surface area contributed by atoms with Gasteiger partial charge in [0, 0.05) is 7.05 Å². The van der Waals surface area contributed by atoms with Crippen LogP contribution in [0.4, 0.5) is 8.78 Å². The number of carbonyl (C=O) groups excluding carboxylic acids is 3. The van der Waals surface area contributed by atoms with E-state index in [1.165, 1.54) is 7.05 Å². The normalized spacial score (nSPS) is 12.9. The van der Waals surface area contributed by atoms with Crippen molar-refractivity contribution in [3.63, 3.8) is 0 Å². The fourth-order valence-electron chi connectivity index (χ4n) is 3.01. The molecule has 0 aliphatic rings. The van der Waals surface area contributed by atoms with Crippen LogP contribution in [0.1, 0.15) is 58.5 Å². The van der Waals surface area contributed by atoms with Gasteiger partial charge in [0.15, 0.2) is 17.5 Å². The number of benzene rings is 2. The molecule has 43 heavy (non-hydrogen) atoms. The van der Waals surface area contributed by atoms with Gasteiger partial charge in [-0.2, -0.15) is 0 Å². The molecule has 0 N–H and O–H groups in total. The van der Waals surface area contributed by atoms with Crippen molar-refractivity contribution in [2.45, 2.75) is 54.0 Å². The number of hydrogen-bond donors (Lipinski definition) is 0. The summed E-state index contributed by atoms with van der Waals surface area (Å²) in [6.45, 7) is 6.92. The number of hydroxylamine groups is 2. The van der Waals surface area contributed by atoms with Crippen LogP contribution in [0, 0.1) is 22.5 Å². The molecule has 0 aliphatic carbocycles. The molecule has 0 saturated carbocycles. The Morgan fingerprint density at radius 1 is 0.837 bits per heavy atom. The molecule has 0 heterocycles. The van der Waals surface area contributed by atoms with Crippen LogP contribution in [0.3, 0.4) is 0 Å². The number of hydrogen-bond acceptors (Lipinski definition) is 10. The molecule has 0 aliphatic heterocycles. The van der Waals surface area contributed by atoms with Crippen LogP contribution in [-0.4, -0.2) is 50.1 Å². The number of nitrogens with zero attached hydrogens (tertiary/aromatic N) is 1. The third-order valence-electron chi connectivity index (χ3n) is 5.57. The SMILES string of the molecule is CN(OCc1ccccc1)C(=O)COC(c1ccc(F)c(F)c1)P(=O)(OCOC(=O)C(C)(C)C)OCOC(=O)C(C)(C)C. The minimum absolute atomic E-state index is 0.0543. The molecule has 0 spiro atoms. The zero-order valence-electron chi connectivity index (χ0n) is 25.3. The monoisotopic (exact) mass is 629 g/mol. The first-order chi connectivity index (χ1) is 19.9. The van der Waals surface area contributed by atoms with Crippen molar-refractivity contribution in [2.75, 3.05) is 27.2 Å². The quantitative estimate of drug-likeness (QED) is 0.108. The van der Waals surface area contributed by atoms with Crippen LogP contribution < -0.4 is 0 Å². The van der Waals surface area contributed by atoms with E-state index in [4.69, 9.17) is 28.1 Å². The maximum atomic E-state index is 14.3. The molecule has 0 saturated heterocycles. The zero-order chi connectivity index (χ0) is 32.4. The fourth-order valence-corrected chi connectivity index (χ4v) is 4.53. The fraction of sp³-hybridized carbons (Fsp3) is 0.483. The largest absolute Gasteiger partial charge is 0.438 e. The number of carbonyl (C=O) groups is 3. The van der Waals surface area contributed by atoms with E-state index in [2.05, 4.69) is 0 Å². The highest BCUT2D eigenvalue weighted by Crippen LogP contribution is 2.61. The van der Waals surface area contributed by atoms with Crippen molar-refractivity contribution in [3.05, 3.63) is 71.3 Å². The van der Waals surface area contributed by atoms with E-state index in [9.17, 15) is 27.7 Å². The summed E-state index contributed by atoms with van der Waals surface area (Å²) in [6, 6.07) is 11.5. The van der Waals surface area contributed by atoms with Crippen molar-refractivity contribution in [1.82, 2.24) is 5.06 Å². The van der Waals surface area contributed by atoms with Crippen LogP contribution in [0.25, 0.3) is 0 Å². The lowest BCUT2D eigenvalue weighted by molar-refractivity contribution is -0.187. The van der Waals surface area contributed by atoms with Crippen molar-refractivity contribution in [2.24, 2.45) is 10.8 Å². The Morgan fingerprint density at radius 2 is 1.37 bits per heavy atom. The standard InChI is InChI=1S/C29H38F2NO10P/c1-28(2,3)26(34)38-18-41-43(36,42-19-39-27(35)29(4,5)6)25(21-13-14-22(30)23(31)15-21)37-17-24(33)32(7)40-16-20-11-9-8-10-12-20/h8-15,25H,16-19H2,1-7H3. The third-order valence-corrected chi connectivity index (χ3v) is 7.52. The number of likely N-dealkylation sites (N-methyl/N-ethyl adjacent to an activating group) is 1. The van der Waals surface area contributed by atoms with Gasteiger partial charge < -0.3 is 14.2 Å². The van der Waals surface area contributed by atoms with Crippen molar-refractivity contribution in [1.29, 1.82) is 0 Å². The molecule has 11 nitrogen and oxygen atoms in total. The van der Waals surface area contributed by atoms with E-state index < -0.39 is 73.9 Å². The molecular weight excluding hydrogens is 591 g/mol. The van der Waals surface area contributed by atoms with E-state index in [1.807, 2.05) is 6.07 Å². The predicted octanol–water partition coefficient (Wildman–Crippen LogP) is 5.89. The minimum Gasteiger partial charge on any atom is -0.438 e. The summed E-state index contributed by atoms with van der Waals surface area (Å²) >= 11 is 0. The number of amides is 1. The van der Waals surface area contributed by atoms with E-state index in [0.29, 0.717) is 6.07 Å². The molecule has 0 radical (unpaired) electrons. The summed E-state index contributed by atoms with van der Waals surface area (Å²) in [5, 5.41) is 0.887. The van der Waals surface area contributed by atoms with Gasteiger partial charge in [-0.1, -0.05) is 36.4 Å². The zero-order valence-corrected chi connectivity index (χ0v) is 26.2. The van der Waals surface area contributed by atoms with Gasteiger partial charge in [0.1, 0.15) is 13.2 Å². The highest BCUT2D eigenvalue weighted by atomic mass is 31.2. The second-order valence-corrected chi connectivity index (χ2v) is 13.4. The maximum absolute atomic E-state index is 14.3. The Hall–Kier alpha value is -3.22. The van der Waals surface area contributed by atoms with Crippen LogP contribution in [-0.2, 0) is 53.7 Å². The smallest absolute Gasteiger partial charge is 0.369 e. The number of halogens is 2. The maximum Gasteiger partial charge on any atom is 0.369 e. The first kappa shape index (κ1) is 36.0. The minimum atomic E-state index is -4.73. The Bertz CT molecular complexity index is 1260. The van der Waals surface area contributed by atoms with E-state index >= 15 is 0 Å². The van der Waals surface area contributed by atoms with Gasteiger partial charge >= 0.3 is 19.5 Å². The van der Waals surface area contributed by atoms with Crippen LogP contribution >= 0.6 is 7.60 Å². The topological polar surface area (TPSA) is 127 Å².